The quantitative estimate of drug-likeness (QED) is 0.746. The summed E-state index contributed by atoms with van der Waals surface area (Å²) in [6.07, 6.45) is 3.30. The van der Waals surface area contributed by atoms with Crippen molar-refractivity contribution in [3.8, 4) is 11.4 Å². The number of aromatic nitrogens is 4. The number of rotatable bonds is 3. The number of hydrogen-bond acceptors (Lipinski definition) is 4. The Balaban J connectivity index is 2.48. The number of hydrogen-bond donors (Lipinski definition) is 0. The molecule has 5 heteroatoms. The highest BCUT2D eigenvalue weighted by Crippen LogP contribution is 2.21. The van der Waals surface area contributed by atoms with Crippen LogP contribution in [0.4, 0.5) is 0 Å². The summed E-state index contributed by atoms with van der Waals surface area (Å²) in [5, 5.41) is 11.4. The summed E-state index contributed by atoms with van der Waals surface area (Å²) in [5.74, 6) is 0.685. The van der Waals surface area contributed by atoms with Crippen LogP contribution in [0.15, 0.2) is 30.3 Å². The van der Waals surface area contributed by atoms with E-state index >= 15 is 0 Å². The zero-order chi connectivity index (χ0) is 12.3. The second-order valence-electron chi connectivity index (χ2n) is 3.66. The van der Waals surface area contributed by atoms with Crippen molar-refractivity contribution in [1.29, 1.82) is 0 Å². The molecule has 0 atom stereocenters. The van der Waals surface area contributed by atoms with E-state index in [0.29, 0.717) is 5.82 Å². The second kappa shape index (κ2) is 4.69. The molecule has 0 saturated carbocycles. The van der Waals surface area contributed by atoms with E-state index in [9.17, 15) is 4.79 Å². The average molecular weight is 228 g/mol. The molecule has 0 N–H and O–H groups in total. The van der Waals surface area contributed by atoms with Crippen LogP contribution < -0.4 is 0 Å². The van der Waals surface area contributed by atoms with Crippen LogP contribution >= 0.6 is 0 Å². The third-order valence-corrected chi connectivity index (χ3v) is 2.32. The zero-order valence-corrected chi connectivity index (χ0v) is 9.66. The Hall–Kier alpha value is -2.30. The number of benzene rings is 1. The second-order valence-corrected chi connectivity index (χ2v) is 3.66. The average Bonchev–Trinajstić information content (AvgIpc) is 2.73. The first-order valence-electron chi connectivity index (χ1n) is 5.19. The van der Waals surface area contributed by atoms with Gasteiger partial charge < -0.3 is 0 Å². The van der Waals surface area contributed by atoms with Crippen LogP contribution in [0.2, 0.25) is 0 Å². The summed E-state index contributed by atoms with van der Waals surface area (Å²) in [7, 11) is 1.78. The molecular weight excluding hydrogens is 216 g/mol. The summed E-state index contributed by atoms with van der Waals surface area (Å²) in [6, 6.07) is 7.66. The van der Waals surface area contributed by atoms with Gasteiger partial charge in [0, 0.05) is 12.6 Å². The van der Waals surface area contributed by atoms with Crippen molar-refractivity contribution < 1.29 is 4.79 Å². The van der Waals surface area contributed by atoms with Gasteiger partial charge in [-0.05, 0) is 29.0 Å². The molecule has 0 spiro atoms. The standard InChI is InChI=1S/C12H12N4O/c1-9(17)7-8-10-5-3-4-6-11(10)12-13-14-15-16(12)2/h3-8H,1-2H3. The number of carbonyl (C=O) groups excluding carboxylic acids is 1. The van der Waals surface area contributed by atoms with Crippen molar-refractivity contribution in [2.24, 2.45) is 7.05 Å². The Kier molecular flexibility index (Phi) is 3.09. The van der Waals surface area contributed by atoms with Crippen molar-refractivity contribution in [3.63, 3.8) is 0 Å². The predicted octanol–water partition coefficient (Wildman–Crippen LogP) is 1.48. The third kappa shape index (κ3) is 2.44. The summed E-state index contributed by atoms with van der Waals surface area (Å²) in [5.41, 5.74) is 1.82. The van der Waals surface area contributed by atoms with E-state index in [4.69, 9.17) is 0 Å². The molecule has 0 aliphatic carbocycles. The monoisotopic (exact) mass is 228 g/mol. The molecule has 86 valence electrons. The van der Waals surface area contributed by atoms with Gasteiger partial charge >= 0.3 is 0 Å². The molecule has 2 aromatic rings. The van der Waals surface area contributed by atoms with Crippen LogP contribution in [0.5, 0.6) is 0 Å². The first-order chi connectivity index (χ1) is 8.18. The van der Waals surface area contributed by atoms with Gasteiger partial charge in [-0.1, -0.05) is 30.3 Å². The lowest BCUT2D eigenvalue weighted by Gasteiger charge is -2.03. The smallest absolute Gasteiger partial charge is 0.182 e. The molecule has 2 rings (SSSR count). The summed E-state index contributed by atoms with van der Waals surface area (Å²) in [6.45, 7) is 1.52. The van der Waals surface area contributed by atoms with E-state index in [1.165, 1.54) is 13.0 Å². The van der Waals surface area contributed by atoms with Crippen LogP contribution in [0, 0.1) is 0 Å². The highest BCUT2D eigenvalue weighted by molar-refractivity contribution is 5.92. The molecule has 0 aliphatic rings. The van der Waals surface area contributed by atoms with Gasteiger partial charge in [0.05, 0.1) is 0 Å². The SMILES string of the molecule is CC(=O)C=Cc1ccccc1-c1nnnn1C. The van der Waals surface area contributed by atoms with Gasteiger partial charge in [0.2, 0.25) is 0 Å². The number of nitrogens with zero attached hydrogens (tertiary/aromatic N) is 4. The maximum atomic E-state index is 10.9. The van der Waals surface area contributed by atoms with Crippen LogP contribution in [-0.2, 0) is 11.8 Å². The minimum absolute atomic E-state index is 0.0101. The van der Waals surface area contributed by atoms with E-state index in [1.807, 2.05) is 24.3 Å². The molecule has 0 unspecified atom stereocenters. The van der Waals surface area contributed by atoms with Gasteiger partial charge in [0.15, 0.2) is 11.6 Å². The van der Waals surface area contributed by atoms with Crippen LogP contribution in [-0.4, -0.2) is 26.0 Å². The van der Waals surface area contributed by atoms with E-state index in [-0.39, 0.29) is 5.78 Å². The highest BCUT2D eigenvalue weighted by atomic mass is 16.1. The molecule has 1 aromatic carbocycles. The molecule has 0 saturated heterocycles. The van der Waals surface area contributed by atoms with E-state index < -0.39 is 0 Å². The lowest BCUT2D eigenvalue weighted by atomic mass is 10.1. The molecule has 0 radical (unpaired) electrons. The highest BCUT2D eigenvalue weighted by Gasteiger charge is 2.08. The summed E-state index contributed by atoms with van der Waals surface area (Å²) >= 11 is 0. The van der Waals surface area contributed by atoms with E-state index in [2.05, 4.69) is 15.5 Å². The first kappa shape index (κ1) is 11.2. The molecule has 17 heavy (non-hydrogen) atoms. The van der Waals surface area contributed by atoms with E-state index in [0.717, 1.165) is 11.1 Å². The largest absolute Gasteiger partial charge is 0.295 e. The summed E-state index contributed by atoms with van der Waals surface area (Å²) in [4.78, 5) is 10.9. The van der Waals surface area contributed by atoms with Gasteiger partial charge in [0.1, 0.15) is 0 Å². The van der Waals surface area contributed by atoms with Crippen molar-refractivity contribution in [2.75, 3.05) is 0 Å². The molecular formula is C12H12N4O. The predicted molar refractivity (Wildman–Crippen MR) is 63.9 cm³/mol. The van der Waals surface area contributed by atoms with Crippen molar-refractivity contribution in [1.82, 2.24) is 20.2 Å². The Morgan fingerprint density at radius 3 is 2.76 bits per heavy atom. The molecule has 0 amide bonds. The molecule has 1 heterocycles. The van der Waals surface area contributed by atoms with Crippen molar-refractivity contribution in [3.05, 3.63) is 35.9 Å². The van der Waals surface area contributed by atoms with Crippen molar-refractivity contribution >= 4 is 11.9 Å². The maximum Gasteiger partial charge on any atom is 0.182 e. The Labute approximate surface area is 98.8 Å². The Morgan fingerprint density at radius 2 is 2.12 bits per heavy atom. The Bertz CT molecular complexity index is 571. The maximum absolute atomic E-state index is 10.9. The van der Waals surface area contributed by atoms with E-state index in [1.54, 1.807) is 17.8 Å². The minimum Gasteiger partial charge on any atom is -0.295 e. The number of aryl methyl sites for hydroxylation is 1. The fourth-order valence-electron chi connectivity index (χ4n) is 1.51. The van der Waals surface area contributed by atoms with Crippen molar-refractivity contribution in [2.45, 2.75) is 6.92 Å². The number of carbonyl (C=O) groups is 1. The lowest BCUT2D eigenvalue weighted by Crippen LogP contribution is -1.96. The topological polar surface area (TPSA) is 60.7 Å². The Morgan fingerprint density at radius 1 is 1.35 bits per heavy atom. The molecule has 0 aliphatic heterocycles. The number of ketones is 1. The van der Waals surface area contributed by atoms with Gasteiger partial charge in [-0.25, -0.2) is 4.68 Å². The normalized spacial score (nSPS) is 10.9. The minimum atomic E-state index is 0.0101. The number of allylic oxidation sites excluding steroid dienone is 1. The molecule has 1 aromatic heterocycles. The fourth-order valence-corrected chi connectivity index (χ4v) is 1.51. The van der Waals surface area contributed by atoms with Gasteiger partial charge in [-0.15, -0.1) is 5.10 Å². The molecule has 0 bridgehead atoms. The first-order valence-corrected chi connectivity index (χ1v) is 5.19. The van der Waals surface area contributed by atoms with Gasteiger partial charge in [-0.3, -0.25) is 4.79 Å². The van der Waals surface area contributed by atoms with Crippen LogP contribution in [0.1, 0.15) is 12.5 Å². The van der Waals surface area contributed by atoms with Crippen LogP contribution in [0.3, 0.4) is 0 Å². The summed E-state index contributed by atoms with van der Waals surface area (Å²) < 4.78 is 1.60. The fraction of sp³-hybridized carbons (Fsp3) is 0.167. The zero-order valence-electron chi connectivity index (χ0n) is 9.66. The lowest BCUT2D eigenvalue weighted by molar-refractivity contribution is -0.112. The molecule has 5 nitrogen and oxygen atoms in total. The third-order valence-electron chi connectivity index (χ3n) is 2.32. The van der Waals surface area contributed by atoms with Crippen LogP contribution in [0.25, 0.3) is 17.5 Å². The van der Waals surface area contributed by atoms with Gasteiger partial charge in [-0.2, -0.15) is 0 Å². The van der Waals surface area contributed by atoms with Gasteiger partial charge in [0.25, 0.3) is 0 Å². The molecule has 0 fully saturated rings. The number of tetrazole rings is 1.